The van der Waals surface area contributed by atoms with Crippen LogP contribution >= 0.6 is 11.6 Å². The van der Waals surface area contributed by atoms with Crippen molar-refractivity contribution in [2.75, 3.05) is 13.2 Å². The summed E-state index contributed by atoms with van der Waals surface area (Å²) in [7, 11) is 0. The summed E-state index contributed by atoms with van der Waals surface area (Å²) < 4.78 is 5.13. The van der Waals surface area contributed by atoms with Gasteiger partial charge in [-0.2, -0.15) is 0 Å². The van der Waals surface area contributed by atoms with Crippen molar-refractivity contribution < 1.29 is 19.7 Å². The Morgan fingerprint density at radius 2 is 2.25 bits per heavy atom. The largest absolute Gasteiger partial charge is 0.491 e. The number of halogens is 1. The molecule has 0 spiro atoms. The van der Waals surface area contributed by atoms with Gasteiger partial charge in [0.1, 0.15) is 18.5 Å². The van der Waals surface area contributed by atoms with Crippen LogP contribution in [0.2, 0.25) is 5.02 Å². The summed E-state index contributed by atoms with van der Waals surface area (Å²) in [5.41, 5.74) is 5.25. The summed E-state index contributed by atoms with van der Waals surface area (Å²) in [4.78, 5) is 11.0. The molecule has 0 radical (unpaired) electrons. The van der Waals surface area contributed by atoms with Crippen molar-refractivity contribution >= 4 is 17.5 Å². The van der Waals surface area contributed by atoms with Crippen LogP contribution in [0.3, 0.4) is 0 Å². The number of aliphatic hydroxyl groups is 2. The molecule has 16 heavy (non-hydrogen) atoms. The number of amides is 1. The summed E-state index contributed by atoms with van der Waals surface area (Å²) in [5.74, 6) is -0.302. The fourth-order valence-electron chi connectivity index (χ4n) is 1.03. The van der Waals surface area contributed by atoms with E-state index in [4.69, 9.17) is 32.3 Å². The molecule has 6 heteroatoms. The molecule has 1 atom stereocenters. The molecule has 88 valence electrons. The molecule has 1 aromatic rings. The van der Waals surface area contributed by atoms with Gasteiger partial charge in [-0.1, -0.05) is 11.6 Å². The third-order valence-electron chi connectivity index (χ3n) is 1.86. The summed E-state index contributed by atoms with van der Waals surface area (Å²) in [5, 5.41) is 17.9. The quantitative estimate of drug-likeness (QED) is 0.690. The highest BCUT2D eigenvalue weighted by Crippen LogP contribution is 2.21. The van der Waals surface area contributed by atoms with E-state index >= 15 is 0 Å². The van der Waals surface area contributed by atoms with Crippen molar-refractivity contribution in [2.24, 2.45) is 5.73 Å². The minimum Gasteiger partial charge on any atom is -0.491 e. The zero-order valence-corrected chi connectivity index (χ0v) is 9.15. The monoisotopic (exact) mass is 245 g/mol. The summed E-state index contributed by atoms with van der Waals surface area (Å²) in [6.07, 6.45) is -0.965. The highest BCUT2D eigenvalue weighted by molar-refractivity contribution is 6.33. The van der Waals surface area contributed by atoms with Gasteiger partial charge in [-0.15, -0.1) is 0 Å². The number of rotatable bonds is 5. The number of hydrogen-bond donors (Lipinski definition) is 3. The average molecular weight is 246 g/mol. The van der Waals surface area contributed by atoms with E-state index in [0.717, 1.165) is 0 Å². The molecular formula is C10H12ClNO4. The molecule has 0 heterocycles. The first-order valence-corrected chi connectivity index (χ1v) is 4.93. The first kappa shape index (κ1) is 12.8. The Balaban J connectivity index is 2.75. The zero-order chi connectivity index (χ0) is 12.1. The van der Waals surface area contributed by atoms with Crippen LogP contribution in [-0.4, -0.2) is 35.4 Å². The Hall–Kier alpha value is -1.30. The van der Waals surface area contributed by atoms with E-state index in [0.29, 0.717) is 5.75 Å². The SMILES string of the molecule is NC(=O)c1cc(OCC(O)CO)ccc1Cl. The number of nitrogens with two attached hydrogens (primary N) is 1. The van der Waals surface area contributed by atoms with Gasteiger partial charge in [0.25, 0.3) is 0 Å². The molecule has 1 unspecified atom stereocenters. The molecule has 5 nitrogen and oxygen atoms in total. The standard InChI is InChI=1S/C10H12ClNO4/c11-9-2-1-7(3-8(9)10(12)15)16-5-6(14)4-13/h1-3,6,13-14H,4-5H2,(H2,12,15). The highest BCUT2D eigenvalue weighted by Gasteiger charge is 2.09. The van der Waals surface area contributed by atoms with Crippen molar-refractivity contribution in [3.8, 4) is 5.75 Å². The summed E-state index contributed by atoms with van der Waals surface area (Å²) in [6, 6.07) is 4.40. The molecule has 0 saturated carbocycles. The van der Waals surface area contributed by atoms with Gasteiger partial charge < -0.3 is 20.7 Å². The van der Waals surface area contributed by atoms with Crippen LogP contribution in [0.15, 0.2) is 18.2 Å². The van der Waals surface area contributed by atoms with E-state index in [-0.39, 0.29) is 17.2 Å². The van der Waals surface area contributed by atoms with E-state index in [1.54, 1.807) is 6.07 Å². The number of benzene rings is 1. The maximum atomic E-state index is 11.0. The lowest BCUT2D eigenvalue weighted by molar-refractivity contribution is 0.0536. The predicted molar refractivity (Wildman–Crippen MR) is 58.6 cm³/mol. The van der Waals surface area contributed by atoms with Crippen LogP contribution in [0.25, 0.3) is 0 Å². The van der Waals surface area contributed by atoms with Gasteiger partial charge >= 0.3 is 0 Å². The van der Waals surface area contributed by atoms with Crippen LogP contribution < -0.4 is 10.5 Å². The molecule has 0 aromatic heterocycles. The fraction of sp³-hybridized carbons (Fsp3) is 0.300. The lowest BCUT2D eigenvalue weighted by atomic mass is 10.2. The average Bonchev–Trinajstić information content (AvgIpc) is 2.27. The van der Waals surface area contributed by atoms with Crippen molar-refractivity contribution in [3.05, 3.63) is 28.8 Å². The zero-order valence-electron chi connectivity index (χ0n) is 8.39. The Bertz CT molecular complexity index is 383. The smallest absolute Gasteiger partial charge is 0.250 e. The first-order valence-electron chi connectivity index (χ1n) is 4.55. The van der Waals surface area contributed by atoms with Gasteiger partial charge in [-0.05, 0) is 18.2 Å². The highest BCUT2D eigenvalue weighted by atomic mass is 35.5. The number of aliphatic hydroxyl groups excluding tert-OH is 2. The Labute approximate surface area is 97.4 Å². The minimum absolute atomic E-state index is 0.0731. The molecule has 0 aliphatic heterocycles. The number of carbonyl (C=O) groups excluding carboxylic acids is 1. The van der Waals surface area contributed by atoms with Gasteiger partial charge in [0, 0.05) is 0 Å². The topological polar surface area (TPSA) is 92.8 Å². The van der Waals surface area contributed by atoms with Crippen LogP contribution in [-0.2, 0) is 0 Å². The van der Waals surface area contributed by atoms with E-state index in [9.17, 15) is 4.79 Å². The van der Waals surface area contributed by atoms with Crippen molar-refractivity contribution in [2.45, 2.75) is 6.10 Å². The van der Waals surface area contributed by atoms with Gasteiger partial charge in [-0.25, -0.2) is 0 Å². The molecule has 1 aromatic carbocycles. The van der Waals surface area contributed by atoms with Crippen molar-refractivity contribution in [3.63, 3.8) is 0 Å². The van der Waals surface area contributed by atoms with Gasteiger partial charge in [0.05, 0.1) is 17.2 Å². The molecule has 1 amide bonds. The summed E-state index contributed by atoms with van der Waals surface area (Å²) in [6.45, 7) is -0.466. The Kier molecular flexibility index (Phi) is 4.54. The van der Waals surface area contributed by atoms with Crippen LogP contribution in [0.4, 0.5) is 0 Å². The third-order valence-corrected chi connectivity index (χ3v) is 2.19. The second-order valence-corrected chi connectivity index (χ2v) is 3.56. The number of ether oxygens (including phenoxy) is 1. The van der Waals surface area contributed by atoms with E-state index in [1.807, 2.05) is 0 Å². The van der Waals surface area contributed by atoms with Crippen molar-refractivity contribution in [1.82, 2.24) is 0 Å². The molecule has 0 saturated heterocycles. The van der Waals surface area contributed by atoms with Crippen molar-refractivity contribution in [1.29, 1.82) is 0 Å². The van der Waals surface area contributed by atoms with E-state index in [1.165, 1.54) is 12.1 Å². The van der Waals surface area contributed by atoms with Crippen LogP contribution in [0, 0.1) is 0 Å². The van der Waals surface area contributed by atoms with E-state index < -0.39 is 18.6 Å². The Morgan fingerprint density at radius 3 is 2.81 bits per heavy atom. The summed E-state index contributed by atoms with van der Waals surface area (Å²) >= 11 is 5.74. The molecule has 4 N–H and O–H groups in total. The minimum atomic E-state index is -0.965. The molecule has 1 rings (SSSR count). The maximum absolute atomic E-state index is 11.0. The number of carbonyl (C=O) groups is 1. The predicted octanol–water partition coefficient (Wildman–Crippen LogP) is 0.171. The number of hydrogen-bond acceptors (Lipinski definition) is 4. The van der Waals surface area contributed by atoms with Gasteiger partial charge in [0.2, 0.25) is 5.91 Å². The van der Waals surface area contributed by atoms with Gasteiger partial charge in [-0.3, -0.25) is 4.79 Å². The normalized spacial score (nSPS) is 12.2. The Morgan fingerprint density at radius 1 is 1.56 bits per heavy atom. The number of primary amides is 1. The van der Waals surface area contributed by atoms with Gasteiger partial charge in [0.15, 0.2) is 0 Å². The third kappa shape index (κ3) is 3.37. The second kappa shape index (κ2) is 5.69. The maximum Gasteiger partial charge on any atom is 0.250 e. The van der Waals surface area contributed by atoms with E-state index in [2.05, 4.69) is 0 Å². The molecule has 0 bridgehead atoms. The lowest BCUT2D eigenvalue weighted by Crippen LogP contribution is -2.21. The molecule has 0 aliphatic carbocycles. The second-order valence-electron chi connectivity index (χ2n) is 3.15. The van der Waals surface area contributed by atoms with Crippen LogP contribution in [0.1, 0.15) is 10.4 Å². The lowest BCUT2D eigenvalue weighted by Gasteiger charge is -2.10. The van der Waals surface area contributed by atoms with Crippen LogP contribution in [0.5, 0.6) is 5.75 Å². The molecule has 0 fully saturated rings. The first-order chi connectivity index (χ1) is 7.54. The molecule has 0 aliphatic rings. The fourth-order valence-corrected chi connectivity index (χ4v) is 1.24. The molecular weight excluding hydrogens is 234 g/mol.